The van der Waals surface area contributed by atoms with Crippen LogP contribution in [0.2, 0.25) is 0 Å². The molecule has 0 amide bonds. The molecule has 0 bridgehead atoms. The molecule has 0 aromatic heterocycles. The average molecular weight is 353 g/mol. The van der Waals surface area contributed by atoms with Crippen molar-refractivity contribution in [2.45, 2.75) is 9.79 Å². The molecule has 0 heterocycles. The lowest BCUT2D eigenvalue weighted by molar-refractivity contribution is -0.384. The number of benzene rings is 2. The second kappa shape index (κ2) is 6.99. The summed E-state index contributed by atoms with van der Waals surface area (Å²) >= 11 is 0. The summed E-state index contributed by atoms with van der Waals surface area (Å²) in [6.45, 7) is 0. The summed E-state index contributed by atoms with van der Waals surface area (Å²) in [5, 5.41) is 10.7. The first-order chi connectivity index (χ1) is 10.8. The Bertz CT molecular complexity index is 832. The molecule has 23 heavy (non-hydrogen) atoms. The molecule has 0 saturated heterocycles. The molecule has 0 N–H and O–H groups in total. The number of hydrogen-bond donors (Lipinski definition) is 0. The molecule has 1 atom stereocenters. The zero-order chi connectivity index (χ0) is 17.0. The van der Waals surface area contributed by atoms with Gasteiger partial charge in [0, 0.05) is 27.9 Å². The number of nitrogens with zero attached hydrogens (tertiary/aromatic N) is 3. The smallest absolute Gasteiger partial charge is 0.258 e. The zero-order valence-electron chi connectivity index (χ0n) is 12.5. The minimum Gasteiger partial charge on any atom is -0.258 e. The Balaban J connectivity index is 2.48. The molecule has 7 nitrogen and oxygen atoms in total. The van der Waals surface area contributed by atoms with E-state index in [1.165, 1.54) is 36.4 Å². The van der Waals surface area contributed by atoms with Gasteiger partial charge in [0.15, 0.2) is 0 Å². The number of rotatable bonds is 5. The predicted octanol–water partition coefficient (Wildman–Crippen LogP) is 2.62. The van der Waals surface area contributed by atoms with Crippen molar-refractivity contribution in [2.24, 2.45) is 3.77 Å². The molecule has 0 aliphatic heterocycles. The van der Waals surface area contributed by atoms with Crippen LogP contribution in [0.5, 0.6) is 0 Å². The zero-order valence-corrected chi connectivity index (χ0v) is 14.1. The van der Waals surface area contributed by atoms with Gasteiger partial charge in [0.05, 0.1) is 9.82 Å². The van der Waals surface area contributed by atoms with Crippen LogP contribution in [-0.2, 0) is 20.9 Å². The number of nitro benzene ring substituents is 1. The molecular formula is C14H15N3O4S2. The van der Waals surface area contributed by atoms with Crippen LogP contribution < -0.4 is 0 Å². The van der Waals surface area contributed by atoms with Crippen molar-refractivity contribution >= 4 is 26.6 Å². The largest absolute Gasteiger partial charge is 0.289 e. The maximum atomic E-state index is 12.4. The van der Waals surface area contributed by atoms with Crippen LogP contribution in [0.4, 0.5) is 5.69 Å². The highest BCUT2D eigenvalue weighted by Crippen LogP contribution is 2.20. The fraction of sp³-hybridized carbons (Fsp3) is 0.143. The first-order valence-corrected chi connectivity index (χ1v) is 9.08. The fourth-order valence-corrected chi connectivity index (χ4v) is 5.01. The molecule has 0 radical (unpaired) electrons. The van der Waals surface area contributed by atoms with Gasteiger partial charge in [0.2, 0.25) is 0 Å². The molecular weight excluding hydrogens is 338 g/mol. The third-order valence-corrected chi connectivity index (χ3v) is 6.42. The van der Waals surface area contributed by atoms with Crippen LogP contribution >= 0.6 is 0 Å². The summed E-state index contributed by atoms with van der Waals surface area (Å²) in [6, 6.07) is 13.6. The normalized spacial score (nSPS) is 13.2. The lowest BCUT2D eigenvalue weighted by Gasteiger charge is -2.15. The number of sulfonamides is 1. The second-order valence-electron chi connectivity index (χ2n) is 4.69. The van der Waals surface area contributed by atoms with Gasteiger partial charge in [-0.25, -0.2) is 4.31 Å². The number of non-ortho nitro benzene ring substituents is 1. The molecule has 0 fully saturated rings. The summed E-state index contributed by atoms with van der Waals surface area (Å²) in [5.74, 6) is 0. The molecule has 1 unspecified atom stereocenters. The highest BCUT2D eigenvalue weighted by atomic mass is 32.3. The summed E-state index contributed by atoms with van der Waals surface area (Å²) in [6.07, 6.45) is 0. The lowest BCUT2D eigenvalue weighted by Crippen LogP contribution is -2.17. The molecule has 0 aliphatic rings. The average Bonchev–Trinajstić information content (AvgIpc) is 2.53. The minimum absolute atomic E-state index is 0.0537. The van der Waals surface area contributed by atoms with Gasteiger partial charge in [-0.15, -0.1) is 3.77 Å². The van der Waals surface area contributed by atoms with Gasteiger partial charge in [-0.05, 0) is 38.4 Å². The van der Waals surface area contributed by atoms with Crippen LogP contribution in [0.15, 0.2) is 68.2 Å². The quantitative estimate of drug-likeness (QED) is 0.608. The second-order valence-corrected chi connectivity index (χ2v) is 8.44. The Labute approximate surface area is 137 Å². The highest BCUT2D eigenvalue weighted by molar-refractivity contribution is 7.99. The van der Waals surface area contributed by atoms with Crippen molar-refractivity contribution in [1.29, 1.82) is 0 Å². The van der Waals surface area contributed by atoms with E-state index in [-0.39, 0.29) is 10.6 Å². The van der Waals surface area contributed by atoms with E-state index in [0.29, 0.717) is 4.90 Å². The Kier molecular flexibility index (Phi) is 5.24. The van der Waals surface area contributed by atoms with Crippen molar-refractivity contribution in [3.05, 3.63) is 64.7 Å². The molecule has 0 saturated carbocycles. The van der Waals surface area contributed by atoms with Crippen LogP contribution in [0.3, 0.4) is 0 Å². The van der Waals surface area contributed by atoms with E-state index in [4.69, 9.17) is 0 Å². The van der Waals surface area contributed by atoms with Gasteiger partial charge in [-0.1, -0.05) is 18.2 Å². The van der Waals surface area contributed by atoms with Crippen molar-refractivity contribution in [3.8, 4) is 0 Å². The summed E-state index contributed by atoms with van der Waals surface area (Å²) in [5.41, 5.74) is -0.0537. The van der Waals surface area contributed by atoms with Gasteiger partial charge in [0.1, 0.15) is 0 Å². The summed E-state index contributed by atoms with van der Waals surface area (Å²) < 4.78 is 30.4. The maximum absolute atomic E-state index is 12.4. The summed E-state index contributed by atoms with van der Waals surface area (Å²) in [7, 11) is -1.49. The Hall–Kier alpha value is -2.10. The topological polar surface area (TPSA) is 92.9 Å². The van der Waals surface area contributed by atoms with Crippen molar-refractivity contribution in [3.63, 3.8) is 0 Å². The Morgan fingerprint density at radius 2 is 1.61 bits per heavy atom. The first kappa shape index (κ1) is 17.3. The third kappa shape index (κ3) is 4.21. The molecule has 0 spiro atoms. The van der Waals surface area contributed by atoms with Gasteiger partial charge >= 0.3 is 0 Å². The standard InChI is InChI=1S/C14H15N3O4S2/c1-16(2)22(13-10-8-12(9-11-13)17(18)19)15-23(20,21)14-6-4-3-5-7-14/h3-11H,1-2H3. The number of nitro groups is 1. The molecule has 9 heteroatoms. The molecule has 122 valence electrons. The van der Waals surface area contributed by atoms with Crippen molar-refractivity contribution < 1.29 is 13.3 Å². The molecule has 2 aromatic rings. The molecule has 2 aromatic carbocycles. The third-order valence-electron chi connectivity index (χ3n) is 2.81. The van der Waals surface area contributed by atoms with Gasteiger partial charge < -0.3 is 0 Å². The molecule has 0 aliphatic carbocycles. The van der Waals surface area contributed by atoms with Crippen molar-refractivity contribution in [1.82, 2.24) is 4.31 Å². The van der Waals surface area contributed by atoms with Crippen LogP contribution in [-0.4, -0.2) is 31.7 Å². The van der Waals surface area contributed by atoms with E-state index in [0.717, 1.165) is 0 Å². The van der Waals surface area contributed by atoms with E-state index in [2.05, 4.69) is 3.77 Å². The highest BCUT2D eigenvalue weighted by Gasteiger charge is 2.16. The predicted molar refractivity (Wildman–Crippen MR) is 88.5 cm³/mol. The van der Waals surface area contributed by atoms with E-state index in [9.17, 15) is 18.5 Å². The Morgan fingerprint density at radius 1 is 1.04 bits per heavy atom. The minimum atomic E-state index is -3.82. The van der Waals surface area contributed by atoms with Crippen molar-refractivity contribution in [2.75, 3.05) is 14.1 Å². The van der Waals surface area contributed by atoms with Crippen LogP contribution in [0, 0.1) is 10.1 Å². The van der Waals surface area contributed by atoms with E-state index in [1.54, 1.807) is 36.6 Å². The summed E-state index contributed by atoms with van der Waals surface area (Å²) in [4.78, 5) is 10.9. The monoisotopic (exact) mass is 353 g/mol. The first-order valence-electron chi connectivity index (χ1n) is 6.50. The van der Waals surface area contributed by atoms with Gasteiger partial charge in [0.25, 0.3) is 15.7 Å². The SMILES string of the molecule is CN(C)/S(=N/S(=O)(=O)c1ccccc1)c1ccc([N+](=O)[O-])cc1. The van der Waals surface area contributed by atoms with Gasteiger partial charge in [-0.3, -0.25) is 10.1 Å². The van der Waals surface area contributed by atoms with Crippen LogP contribution in [0.1, 0.15) is 0 Å². The van der Waals surface area contributed by atoms with E-state index < -0.39 is 25.8 Å². The van der Waals surface area contributed by atoms with E-state index in [1.807, 2.05) is 0 Å². The van der Waals surface area contributed by atoms with Crippen LogP contribution in [0.25, 0.3) is 0 Å². The molecule has 2 rings (SSSR count). The lowest BCUT2D eigenvalue weighted by atomic mass is 10.3. The Morgan fingerprint density at radius 3 is 2.09 bits per heavy atom. The number of hydrogen-bond acceptors (Lipinski definition) is 4. The van der Waals surface area contributed by atoms with Gasteiger partial charge in [-0.2, -0.15) is 8.42 Å². The van der Waals surface area contributed by atoms with E-state index >= 15 is 0 Å². The fourth-order valence-electron chi connectivity index (χ4n) is 1.74. The maximum Gasteiger partial charge on any atom is 0.289 e.